The van der Waals surface area contributed by atoms with Crippen LogP contribution in [0.25, 0.3) is 0 Å². The highest BCUT2D eigenvalue weighted by atomic mass is 127. The second kappa shape index (κ2) is 5.09. The summed E-state index contributed by atoms with van der Waals surface area (Å²) in [5, 5.41) is 0. The van der Waals surface area contributed by atoms with Gasteiger partial charge in [0, 0.05) is 23.2 Å². The zero-order chi connectivity index (χ0) is 9.80. The molecule has 0 aliphatic carbocycles. The van der Waals surface area contributed by atoms with Crippen molar-refractivity contribution < 1.29 is 4.74 Å². The molecule has 1 aromatic rings. The summed E-state index contributed by atoms with van der Waals surface area (Å²) in [7, 11) is 0. The van der Waals surface area contributed by atoms with E-state index in [0.29, 0.717) is 0 Å². The van der Waals surface area contributed by atoms with E-state index in [1.165, 1.54) is 22.2 Å². The molecular weight excluding hydrogens is 289 g/mol. The number of hydrogen-bond donors (Lipinski definition) is 0. The maximum Gasteiger partial charge on any atom is 0.0717 e. The standard InChI is InChI=1S/C11H14INO/c12-11-3-1-2-10(8-11)9-14-7-6-13-4-5-13/h1-3,8H,4-7,9H2. The van der Waals surface area contributed by atoms with Crippen molar-refractivity contribution in [3.63, 3.8) is 0 Å². The number of halogens is 1. The number of benzene rings is 1. The van der Waals surface area contributed by atoms with E-state index in [2.05, 4.69) is 51.8 Å². The first-order chi connectivity index (χ1) is 6.84. The van der Waals surface area contributed by atoms with Gasteiger partial charge in [0.05, 0.1) is 13.2 Å². The minimum Gasteiger partial charge on any atom is -0.375 e. The molecule has 1 saturated heterocycles. The van der Waals surface area contributed by atoms with Gasteiger partial charge in [-0.25, -0.2) is 0 Å². The topological polar surface area (TPSA) is 12.2 Å². The van der Waals surface area contributed by atoms with Crippen molar-refractivity contribution in [2.75, 3.05) is 26.2 Å². The Morgan fingerprint density at radius 1 is 1.36 bits per heavy atom. The van der Waals surface area contributed by atoms with Crippen LogP contribution >= 0.6 is 22.6 Å². The molecule has 0 aromatic heterocycles. The van der Waals surface area contributed by atoms with E-state index in [0.717, 1.165) is 19.8 Å². The Morgan fingerprint density at radius 3 is 2.93 bits per heavy atom. The number of rotatable bonds is 5. The van der Waals surface area contributed by atoms with Gasteiger partial charge in [0.15, 0.2) is 0 Å². The van der Waals surface area contributed by atoms with Crippen molar-refractivity contribution in [1.29, 1.82) is 0 Å². The van der Waals surface area contributed by atoms with Gasteiger partial charge in [0.2, 0.25) is 0 Å². The van der Waals surface area contributed by atoms with Crippen molar-refractivity contribution in [3.05, 3.63) is 33.4 Å². The SMILES string of the molecule is Ic1cccc(COCCN2CC2)c1. The summed E-state index contributed by atoms with van der Waals surface area (Å²) >= 11 is 2.32. The van der Waals surface area contributed by atoms with Gasteiger partial charge in [-0.1, -0.05) is 12.1 Å². The zero-order valence-corrected chi connectivity index (χ0v) is 10.2. The first-order valence-corrected chi connectivity index (χ1v) is 5.97. The van der Waals surface area contributed by atoms with Crippen LogP contribution in [0.5, 0.6) is 0 Å². The van der Waals surface area contributed by atoms with Gasteiger partial charge in [-0.05, 0) is 40.3 Å². The Balaban J connectivity index is 1.68. The van der Waals surface area contributed by atoms with Crippen molar-refractivity contribution in [2.24, 2.45) is 0 Å². The van der Waals surface area contributed by atoms with Crippen LogP contribution in [0.3, 0.4) is 0 Å². The molecule has 0 unspecified atom stereocenters. The fourth-order valence-corrected chi connectivity index (χ4v) is 1.91. The monoisotopic (exact) mass is 303 g/mol. The summed E-state index contributed by atoms with van der Waals surface area (Å²) in [6.07, 6.45) is 0. The molecule has 1 aliphatic rings. The van der Waals surface area contributed by atoms with E-state index in [-0.39, 0.29) is 0 Å². The second-order valence-electron chi connectivity index (χ2n) is 3.52. The lowest BCUT2D eigenvalue weighted by atomic mass is 10.2. The predicted molar refractivity (Wildman–Crippen MR) is 65.3 cm³/mol. The Morgan fingerprint density at radius 2 is 2.21 bits per heavy atom. The van der Waals surface area contributed by atoms with Crippen LogP contribution in [0.1, 0.15) is 5.56 Å². The fraction of sp³-hybridized carbons (Fsp3) is 0.455. The molecular formula is C11H14INO. The van der Waals surface area contributed by atoms with Gasteiger partial charge < -0.3 is 4.74 Å². The molecule has 14 heavy (non-hydrogen) atoms. The minimum absolute atomic E-state index is 0.741. The lowest BCUT2D eigenvalue weighted by molar-refractivity contribution is 0.114. The first-order valence-electron chi connectivity index (χ1n) is 4.89. The Labute approximate surface area is 98.4 Å². The summed E-state index contributed by atoms with van der Waals surface area (Å²) in [5.74, 6) is 0. The molecule has 0 radical (unpaired) electrons. The quantitative estimate of drug-likeness (QED) is 0.469. The molecule has 2 rings (SSSR count). The number of nitrogens with zero attached hydrogens (tertiary/aromatic N) is 1. The highest BCUT2D eigenvalue weighted by Gasteiger charge is 2.15. The molecule has 0 N–H and O–H groups in total. The second-order valence-corrected chi connectivity index (χ2v) is 4.77. The highest BCUT2D eigenvalue weighted by Crippen LogP contribution is 2.09. The van der Waals surface area contributed by atoms with E-state index in [9.17, 15) is 0 Å². The average molecular weight is 303 g/mol. The van der Waals surface area contributed by atoms with Gasteiger partial charge in [-0.3, -0.25) is 4.90 Å². The van der Waals surface area contributed by atoms with Crippen LogP contribution < -0.4 is 0 Å². The lowest BCUT2D eigenvalue weighted by Crippen LogP contribution is -2.07. The van der Waals surface area contributed by atoms with E-state index in [1.54, 1.807) is 0 Å². The van der Waals surface area contributed by atoms with Crippen LogP contribution in [0.4, 0.5) is 0 Å². The summed E-state index contributed by atoms with van der Waals surface area (Å²) in [6, 6.07) is 8.45. The van der Waals surface area contributed by atoms with Gasteiger partial charge in [0.25, 0.3) is 0 Å². The maximum absolute atomic E-state index is 5.58. The Hall–Kier alpha value is -0.130. The normalized spacial score (nSPS) is 15.8. The van der Waals surface area contributed by atoms with Crippen molar-refractivity contribution in [3.8, 4) is 0 Å². The summed E-state index contributed by atoms with van der Waals surface area (Å²) < 4.78 is 6.85. The molecule has 0 amide bonds. The molecule has 0 bridgehead atoms. The summed E-state index contributed by atoms with van der Waals surface area (Å²) in [6.45, 7) is 5.19. The molecule has 76 valence electrons. The predicted octanol–water partition coefficient (Wildman–Crippen LogP) is 2.12. The third kappa shape index (κ3) is 3.55. The molecule has 0 atom stereocenters. The van der Waals surface area contributed by atoms with Crippen molar-refractivity contribution in [1.82, 2.24) is 4.90 Å². The first kappa shape index (κ1) is 10.4. The number of hydrogen-bond acceptors (Lipinski definition) is 2. The third-order valence-corrected chi connectivity index (χ3v) is 2.92. The summed E-state index contributed by atoms with van der Waals surface area (Å²) in [4.78, 5) is 2.37. The average Bonchev–Trinajstić information content (AvgIpc) is 2.96. The third-order valence-electron chi connectivity index (χ3n) is 2.25. The van der Waals surface area contributed by atoms with Gasteiger partial charge in [0.1, 0.15) is 0 Å². The molecule has 1 aliphatic heterocycles. The van der Waals surface area contributed by atoms with E-state index < -0.39 is 0 Å². The molecule has 3 heteroatoms. The van der Waals surface area contributed by atoms with Crippen LogP contribution in [0, 0.1) is 3.57 Å². The van der Waals surface area contributed by atoms with Gasteiger partial charge >= 0.3 is 0 Å². The zero-order valence-electron chi connectivity index (χ0n) is 8.08. The fourth-order valence-electron chi connectivity index (χ4n) is 1.30. The van der Waals surface area contributed by atoms with Crippen LogP contribution in [0.2, 0.25) is 0 Å². The largest absolute Gasteiger partial charge is 0.375 e. The van der Waals surface area contributed by atoms with Crippen molar-refractivity contribution in [2.45, 2.75) is 6.61 Å². The smallest absolute Gasteiger partial charge is 0.0717 e. The van der Waals surface area contributed by atoms with E-state index >= 15 is 0 Å². The Bertz CT molecular complexity index is 299. The van der Waals surface area contributed by atoms with Crippen LogP contribution in [-0.4, -0.2) is 31.1 Å². The van der Waals surface area contributed by atoms with E-state index in [4.69, 9.17) is 4.74 Å². The summed E-state index contributed by atoms with van der Waals surface area (Å²) in [5.41, 5.74) is 1.27. The lowest BCUT2D eigenvalue weighted by Gasteiger charge is -2.04. The number of ether oxygens (including phenoxy) is 1. The molecule has 1 aromatic carbocycles. The molecule has 2 nitrogen and oxygen atoms in total. The molecule has 1 heterocycles. The van der Waals surface area contributed by atoms with Crippen molar-refractivity contribution >= 4 is 22.6 Å². The molecule has 0 spiro atoms. The highest BCUT2D eigenvalue weighted by molar-refractivity contribution is 14.1. The van der Waals surface area contributed by atoms with Gasteiger partial charge in [-0.2, -0.15) is 0 Å². The Kier molecular flexibility index (Phi) is 3.78. The van der Waals surface area contributed by atoms with E-state index in [1.807, 2.05) is 0 Å². The molecule has 0 saturated carbocycles. The van der Waals surface area contributed by atoms with Crippen LogP contribution in [-0.2, 0) is 11.3 Å². The molecule has 1 fully saturated rings. The maximum atomic E-state index is 5.58. The van der Waals surface area contributed by atoms with Gasteiger partial charge in [-0.15, -0.1) is 0 Å². The van der Waals surface area contributed by atoms with Crippen LogP contribution in [0.15, 0.2) is 24.3 Å². The minimum atomic E-state index is 0.741.